The van der Waals surface area contributed by atoms with Crippen LogP contribution in [0.4, 0.5) is 28.0 Å². The van der Waals surface area contributed by atoms with Crippen LogP contribution in [0.5, 0.6) is 5.75 Å². The number of halogens is 4. The third kappa shape index (κ3) is 3.31. The van der Waals surface area contributed by atoms with E-state index in [1.165, 1.54) is 35.2 Å². The Balaban J connectivity index is 1.46. The average molecular weight is 445 g/mol. The third-order valence-corrected chi connectivity index (χ3v) is 5.71. The molecule has 0 N–H and O–H groups in total. The van der Waals surface area contributed by atoms with Gasteiger partial charge in [-0.05, 0) is 66.9 Å². The number of hydrogen-bond acceptors (Lipinski definition) is 4. The van der Waals surface area contributed by atoms with Crippen LogP contribution in [0.1, 0.15) is 18.4 Å². The van der Waals surface area contributed by atoms with Crippen LogP contribution >= 0.6 is 0 Å². The molecule has 1 saturated heterocycles. The summed E-state index contributed by atoms with van der Waals surface area (Å²) >= 11 is 0. The van der Waals surface area contributed by atoms with E-state index in [9.17, 15) is 27.2 Å². The average Bonchev–Trinajstić information content (AvgIpc) is 3.50. The highest BCUT2D eigenvalue weighted by Gasteiger charge is 2.65. The molecule has 0 atom stereocenters. The van der Waals surface area contributed by atoms with Gasteiger partial charge in [0.1, 0.15) is 17.1 Å². The normalized spacial score (nSPS) is 17.5. The fourth-order valence-electron chi connectivity index (χ4n) is 4.04. The zero-order chi connectivity index (χ0) is 22.7. The van der Waals surface area contributed by atoms with Crippen LogP contribution in [0.2, 0.25) is 0 Å². The molecule has 3 amide bonds. The van der Waals surface area contributed by atoms with Crippen LogP contribution in [0.3, 0.4) is 0 Å². The second-order valence-electron chi connectivity index (χ2n) is 7.71. The van der Waals surface area contributed by atoms with Gasteiger partial charge in [0.15, 0.2) is 0 Å². The Morgan fingerprint density at radius 3 is 2.41 bits per heavy atom. The van der Waals surface area contributed by atoms with Crippen molar-refractivity contribution in [2.75, 3.05) is 4.90 Å². The van der Waals surface area contributed by atoms with Crippen LogP contribution in [-0.4, -0.2) is 33.7 Å². The van der Waals surface area contributed by atoms with E-state index in [0.717, 1.165) is 17.0 Å². The van der Waals surface area contributed by atoms with Gasteiger partial charge in [-0.25, -0.2) is 14.1 Å². The van der Waals surface area contributed by atoms with Crippen molar-refractivity contribution >= 4 is 28.5 Å². The fourth-order valence-corrected chi connectivity index (χ4v) is 4.04. The smallest absolute Gasteiger partial charge is 0.406 e. The van der Waals surface area contributed by atoms with Gasteiger partial charge in [-0.2, -0.15) is 0 Å². The summed E-state index contributed by atoms with van der Waals surface area (Å²) < 4.78 is 54.8. The Hall–Kier alpha value is -3.69. The SMILES string of the molecule is O=C1N(c2ccc(OC(F)(F)F)cc2)C(=O)C2(CC2)N1Cc1ccnc2ccc(F)cc12. The van der Waals surface area contributed by atoms with Crippen LogP contribution < -0.4 is 9.64 Å². The fraction of sp³-hybridized carbons (Fsp3) is 0.227. The van der Waals surface area contributed by atoms with Gasteiger partial charge in [-0.1, -0.05) is 0 Å². The van der Waals surface area contributed by atoms with Gasteiger partial charge < -0.3 is 9.64 Å². The topological polar surface area (TPSA) is 62.7 Å². The van der Waals surface area contributed by atoms with Crippen molar-refractivity contribution in [2.45, 2.75) is 31.3 Å². The number of carbonyl (C=O) groups excluding carboxylic acids is 2. The maximum atomic E-state index is 13.8. The number of pyridine rings is 1. The summed E-state index contributed by atoms with van der Waals surface area (Å²) in [7, 11) is 0. The molecule has 2 fully saturated rings. The van der Waals surface area contributed by atoms with E-state index in [1.807, 2.05) is 0 Å². The number of hydrogen-bond donors (Lipinski definition) is 0. The first kappa shape index (κ1) is 20.2. The summed E-state index contributed by atoms with van der Waals surface area (Å²) in [6, 6.07) is 9.79. The maximum Gasteiger partial charge on any atom is 0.573 e. The molecule has 0 radical (unpaired) electrons. The van der Waals surface area contributed by atoms with E-state index in [0.29, 0.717) is 29.3 Å². The monoisotopic (exact) mass is 445 g/mol. The number of amides is 3. The minimum Gasteiger partial charge on any atom is -0.406 e. The van der Waals surface area contributed by atoms with E-state index in [2.05, 4.69) is 9.72 Å². The minimum absolute atomic E-state index is 0.0683. The molecule has 0 unspecified atom stereocenters. The number of imide groups is 1. The molecule has 1 aliphatic carbocycles. The van der Waals surface area contributed by atoms with Crippen molar-refractivity contribution in [1.29, 1.82) is 0 Å². The Bertz CT molecular complexity index is 1240. The molecule has 2 aliphatic rings. The largest absolute Gasteiger partial charge is 0.573 e. The van der Waals surface area contributed by atoms with Crippen molar-refractivity contribution in [3.8, 4) is 5.75 Å². The van der Waals surface area contributed by atoms with Crippen LogP contribution in [0.25, 0.3) is 10.9 Å². The molecular weight excluding hydrogens is 430 g/mol. The summed E-state index contributed by atoms with van der Waals surface area (Å²) in [4.78, 5) is 32.9. The van der Waals surface area contributed by atoms with Crippen LogP contribution in [0, 0.1) is 5.82 Å². The predicted molar refractivity (Wildman–Crippen MR) is 105 cm³/mol. The van der Waals surface area contributed by atoms with Gasteiger partial charge >= 0.3 is 12.4 Å². The lowest BCUT2D eigenvalue weighted by Crippen LogP contribution is -2.36. The van der Waals surface area contributed by atoms with E-state index >= 15 is 0 Å². The summed E-state index contributed by atoms with van der Waals surface area (Å²) in [6.07, 6.45) is -2.35. The predicted octanol–water partition coefficient (Wildman–Crippen LogP) is 4.77. The highest BCUT2D eigenvalue weighted by atomic mass is 19.4. The van der Waals surface area contributed by atoms with Gasteiger partial charge in [0.05, 0.1) is 11.2 Å². The van der Waals surface area contributed by atoms with Gasteiger partial charge in [-0.15, -0.1) is 13.2 Å². The molecule has 10 heteroatoms. The van der Waals surface area contributed by atoms with Crippen molar-refractivity contribution in [2.24, 2.45) is 0 Å². The second kappa shape index (κ2) is 6.91. The van der Waals surface area contributed by atoms with E-state index in [4.69, 9.17) is 0 Å². The van der Waals surface area contributed by atoms with Crippen molar-refractivity contribution in [3.63, 3.8) is 0 Å². The third-order valence-electron chi connectivity index (χ3n) is 5.71. The van der Waals surface area contributed by atoms with Gasteiger partial charge in [0, 0.05) is 18.1 Å². The van der Waals surface area contributed by atoms with Crippen molar-refractivity contribution in [1.82, 2.24) is 9.88 Å². The molecule has 1 aromatic heterocycles. The highest BCUT2D eigenvalue weighted by Crippen LogP contribution is 2.50. The van der Waals surface area contributed by atoms with E-state index < -0.39 is 35.4 Å². The quantitative estimate of drug-likeness (QED) is 0.429. The molecule has 5 rings (SSSR count). The number of fused-ring (bicyclic) bond motifs is 1. The van der Waals surface area contributed by atoms with Gasteiger partial charge in [0.2, 0.25) is 0 Å². The number of alkyl halides is 3. The summed E-state index contributed by atoms with van der Waals surface area (Å²) in [6.45, 7) is 0.0683. The van der Waals surface area contributed by atoms with E-state index in [1.54, 1.807) is 12.3 Å². The zero-order valence-corrected chi connectivity index (χ0v) is 16.4. The number of anilines is 1. The lowest BCUT2D eigenvalue weighted by Gasteiger charge is -2.22. The molecule has 1 saturated carbocycles. The van der Waals surface area contributed by atoms with Crippen molar-refractivity contribution in [3.05, 3.63) is 66.1 Å². The van der Waals surface area contributed by atoms with Gasteiger partial charge in [0.25, 0.3) is 5.91 Å². The minimum atomic E-state index is -4.84. The first-order chi connectivity index (χ1) is 15.2. The number of urea groups is 1. The molecule has 164 valence electrons. The molecule has 0 bridgehead atoms. The Labute approximate surface area is 179 Å². The number of nitrogens with zero attached hydrogens (tertiary/aromatic N) is 3. The maximum absolute atomic E-state index is 13.8. The summed E-state index contributed by atoms with van der Waals surface area (Å²) in [5, 5.41) is 0.538. The molecule has 3 aromatic rings. The van der Waals surface area contributed by atoms with E-state index in [-0.39, 0.29) is 12.2 Å². The number of carbonyl (C=O) groups is 2. The Kier molecular flexibility index (Phi) is 4.37. The molecule has 6 nitrogen and oxygen atoms in total. The molecular formula is C22H15F4N3O3. The Morgan fingerprint density at radius 2 is 1.75 bits per heavy atom. The van der Waals surface area contributed by atoms with Crippen molar-refractivity contribution < 1.29 is 31.9 Å². The first-order valence-corrected chi connectivity index (χ1v) is 9.73. The summed E-state index contributed by atoms with van der Waals surface area (Å²) in [5.74, 6) is -1.33. The number of ether oxygens (including phenoxy) is 1. The van der Waals surface area contributed by atoms with Crippen LogP contribution in [-0.2, 0) is 11.3 Å². The molecule has 32 heavy (non-hydrogen) atoms. The number of benzene rings is 2. The summed E-state index contributed by atoms with van der Waals surface area (Å²) in [5.41, 5.74) is 0.344. The zero-order valence-electron chi connectivity index (χ0n) is 16.4. The number of aromatic nitrogens is 1. The molecule has 2 heterocycles. The first-order valence-electron chi connectivity index (χ1n) is 9.73. The highest BCUT2D eigenvalue weighted by molar-refractivity contribution is 6.24. The Morgan fingerprint density at radius 1 is 1.03 bits per heavy atom. The molecule has 1 aliphatic heterocycles. The molecule has 2 aromatic carbocycles. The second-order valence-corrected chi connectivity index (χ2v) is 7.71. The lowest BCUT2D eigenvalue weighted by atomic mass is 10.1. The van der Waals surface area contributed by atoms with Gasteiger partial charge in [-0.3, -0.25) is 9.78 Å². The molecule has 1 spiro atoms. The van der Waals surface area contributed by atoms with Crippen LogP contribution in [0.15, 0.2) is 54.7 Å². The number of rotatable bonds is 4. The standard InChI is InChI=1S/C22H15F4N3O3/c23-14-1-6-18-17(11-14)13(7-10-27-18)12-28-20(31)29(19(30)21(28)8-9-21)15-2-4-16(5-3-15)32-22(24,25)26/h1-7,10-11H,8-9,12H2. The lowest BCUT2D eigenvalue weighted by molar-refractivity contribution is -0.274.